The molecule has 0 atom stereocenters. The normalized spacial score (nSPS) is 9.64. The van der Waals surface area contributed by atoms with Gasteiger partial charge in [0.05, 0.1) is 11.9 Å². The molecule has 0 radical (unpaired) electrons. The first-order chi connectivity index (χ1) is 6.69. The first-order valence-electron chi connectivity index (χ1n) is 4.78. The molecule has 2 nitrogen and oxygen atoms in total. The lowest BCUT2D eigenvalue weighted by Crippen LogP contribution is -2.16. The minimum atomic E-state index is 0.856. The van der Waals surface area contributed by atoms with Crippen molar-refractivity contribution in [3.05, 3.63) is 36.6 Å². The van der Waals surface area contributed by atoms with Crippen LogP contribution < -0.4 is 9.64 Å². The van der Waals surface area contributed by atoms with E-state index in [2.05, 4.69) is 31.4 Å². The fraction of sp³-hybridized carbons (Fsp3) is 0.333. The van der Waals surface area contributed by atoms with E-state index in [0.717, 1.165) is 18.0 Å². The highest BCUT2D eigenvalue weighted by Crippen LogP contribution is 2.28. The van der Waals surface area contributed by atoms with Gasteiger partial charge >= 0.3 is 0 Å². The fourth-order valence-corrected chi connectivity index (χ4v) is 1.29. The van der Waals surface area contributed by atoms with Crippen molar-refractivity contribution in [1.29, 1.82) is 0 Å². The molecule has 0 unspecified atom stereocenters. The molecule has 0 N–H and O–H groups in total. The molecule has 0 amide bonds. The van der Waals surface area contributed by atoms with Crippen molar-refractivity contribution in [2.45, 2.75) is 13.8 Å². The van der Waals surface area contributed by atoms with Crippen LogP contribution in [0.5, 0.6) is 5.75 Å². The lowest BCUT2D eigenvalue weighted by molar-refractivity contribution is 0.483. The first kappa shape index (κ1) is 10.6. The van der Waals surface area contributed by atoms with E-state index in [1.54, 1.807) is 0 Å². The molecule has 14 heavy (non-hydrogen) atoms. The SMILES string of the molecule is C=COc1ccc(C)cc1N(C)CC. The number of nitrogens with zero attached hydrogens (tertiary/aromatic N) is 1. The third kappa shape index (κ3) is 2.28. The van der Waals surface area contributed by atoms with Crippen LogP contribution in [0.3, 0.4) is 0 Å². The highest BCUT2D eigenvalue weighted by molar-refractivity contribution is 5.59. The number of ether oxygens (including phenoxy) is 1. The fourth-order valence-electron chi connectivity index (χ4n) is 1.29. The molecule has 1 rings (SSSR count). The zero-order valence-corrected chi connectivity index (χ0v) is 9.08. The Morgan fingerprint density at radius 1 is 1.50 bits per heavy atom. The van der Waals surface area contributed by atoms with Gasteiger partial charge in [0.15, 0.2) is 0 Å². The Kier molecular flexibility index (Phi) is 3.57. The summed E-state index contributed by atoms with van der Waals surface area (Å²) in [5.74, 6) is 0.856. The molecule has 0 aliphatic heterocycles. The number of rotatable bonds is 4. The lowest BCUT2D eigenvalue weighted by atomic mass is 10.2. The highest BCUT2D eigenvalue weighted by Gasteiger charge is 2.06. The van der Waals surface area contributed by atoms with Crippen LogP contribution in [-0.2, 0) is 0 Å². The number of aryl methyl sites for hydroxylation is 1. The maximum atomic E-state index is 5.34. The Morgan fingerprint density at radius 2 is 2.21 bits per heavy atom. The molecule has 0 heterocycles. The van der Waals surface area contributed by atoms with Crippen LogP contribution >= 0.6 is 0 Å². The zero-order chi connectivity index (χ0) is 10.6. The predicted octanol–water partition coefficient (Wildman–Crippen LogP) is 2.97. The van der Waals surface area contributed by atoms with E-state index >= 15 is 0 Å². The monoisotopic (exact) mass is 191 g/mol. The molecule has 0 spiro atoms. The summed E-state index contributed by atoms with van der Waals surface area (Å²) in [4.78, 5) is 2.14. The van der Waals surface area contributed by atoms with Crippen molar-refractivity contribution in [3.8, 4) is 5.75 Å². The molecule has 0 aliphatic rings. The smallest absolute Gasteiger partial charge is 0.149 e. The summed E-state index contributed by atoms with van der Waals surface area (Å²) in [5, 5.41) is 0. The molecule has 0 fully saturated rings. The lowest BCUT2D eigenvalue weighted by Gasteiger charge is -2.20. The van der Waals surface area contributed by atoms with Gasteiger partial charge in [0, 0.05) is 13.6 Å². The van der Waals surface area contributed by atoms with E-state index in [-0.39, 0.29) is 0 Å². The third-order valence-electron chi connectivity index (χ3n) is 2.21. The van der Waals surface area contributed by atoms with Crippen molar-refractivity contribution in [2.75, 3.05) is 18.5 Å². The van der Waals surface area contributed by atoms with Crippen molar-refractivity contribution in [1.82, 2.24) is 0 Å². The molecule has 0 saturated carbocycles. The molecule has 1 aromatic carbocycles. The Balaban J connectivity index is 3.08. The summed E-state index contributed by atoms with van der Waals surface area (Å²) in [6.07, 6.45) is 1.46. The second kappa shape index (κ2) is 4.70. The number of hydrogen-bond acceptors (Lipinski definition) is 2. The van der Waals surface area contributed by atoms with Crippen LogP contribution in [0, 0.1) is 6.92 Å². The molecule has 2 heteroatoms. The summed E-state index contributed by atoms with van der Waals surface area (Å²) in [5.41, 5.74) is 2.34. The van der Waals surface area contributed by atoms with Gasteiger partial charge in [0.1, 0.15) is 5.75 Å². The van der Waals surface area contributed by atoms with Gasteiger partial charge in [-0.05, 0) is 31.5 Å². The van der Waals surface area contributed by atoms with Crippen molar-refractivity contribution >= 4 is 5.69 Å². The molecule has 1 aromatic rings. The summed E-state index contributed by atoms with van der Waals surface area (Å²) in [6.45, 7) is 8.70. The minimum Gasteiger partial charge on any atom is -0.463 e. The number of anilines is 1. The number of benzene rings is 1. The average Bonchev–Trinajstić information content (AvgIpc) is 2.20. The van der Waals surface area contributed by atoms with Crippen molar-refractivity contribution < 1.29 is 4.74 Å². The predicted molar refractivity (Wildman–Crippen MR) is 60.9 cm³/mol. The first-order valence-corrected chi connectivity index (χ1v) is 4.78. The molecular formula is C12H17NO. The molecule has 0 aliphatic carbocycles. The van der Waals surface area contributed by atoms with Crippen LogP contribution in [0.1, 0.15) is 12.5 Å². The largest absolute Gasteiger partial charge is 0.463 e. The van der Waals surface area contributed by atoms with Crippen LogP contribution in [0.15, 0.2) is 31.0 Å². The topological polar surface area (TPSA) is 12.5 Å². The molecule has 76 valence electrons. The van der Waals surface area contributed by atoms with Crippen LogP contribution in [0.4, 0.5) is 5.69 Å². The van der Waals surface area contributed by atoms with Gasteiger partial charge in [0.25, 0.3) is 0 Å². The van der Waals surface area contributed by atoms with Gasteiger partial charge in [-0.15, -0.1) is 0 Å². The summed E-state index contributed by atoms with van der Waals surface area (Å²) in [7, 11) is 2.05. The van der Waals surface area contributed by atoms with Gasteiger partial charge in [0.2, 0.25) is 0 Å². The van der Waals surface area contributed by atoms with E-state index in [1.165, 1.54) is 11.8 Å². The van der Waals surface area contributed by atoms with Crippen LogP contribution in [-0.4, -0.2) is 13.6 Å². The van der Waals surface area contributed by atoms with Gasteiger partial charge in [-0.25, -0.2) is 0 Å². The third-order valence-corrected chi connectivity index (χ3v) is 2.21. The zero-order valence-electron chi connectivity index (χ0n) is 9.08. The average molecular weight is 191 g/mol. The summed E-state index contributed by atoms with van der Waals surface area (Å²) < 4.78 is 5.34. The molecule has 0 aromatic heterocycles. The van der Waals surface area contributed by atoms with E-state index in [0.29, 0.717) is 0 Å². The molecule has 0 bridgehead atoms. The summed E-state index contributed by atoms with van der Waals surface area (Å²) >= 11 is 0. The molecular weight excluding hydrogens is 174 g/mol. The second-order valence-electron chi connectivity index (χ2n) is 3.27. The van der Waals surface area contributed by atoms with Crippen molar-refractivity contribution in [3.63, 3.8) is 0 Å². The molecule has 0 saturated heterocycles. The number of hydrogen-bond donors (Lipinski definition) is 0. The maximum Gasteiger partial charge on any atom is 0.149 e. The Labute approximate surface area is 85.8 Å². The summed E-state index contributed by atoms with van der Waals surface area (Å²) in [6, 6.07) is 6.12. The van der Waals surface area contributed by atoms with E-state index in [9.17, 15) is 0 Å². The minimum absolute atomic E-state index is 0.856. The second-order valence-corrected chi connectivity index (χ2v) is 3.27. The van der Waals surface area contributed by atoms with Gasteiger partial charge in [-0.2, -0.15) is 0 Å². The quantitative estimate of drug-likeness (QED) is 0.678. The van der Waals surface area contributed by atoms with E-state index in [4.69, 9.17) is 4.74 Å². The standard InChI is InChI=1S/C12H17NO/c1-5-13(4)11-9-10(3)7-8-12(11)14-6-2/h6-9H,2,5H2,1,3-4H3. The Bertz CT molecular complexity index is 320. The van der Waals surface area contributed by atoms with E-state index < -0.39 is 0 Å². The Hall–Kier alpha value is -1.44. The van der Waals surface area contributed by atoms with Gasteiger partial charge in [-0.3, -0.25) is 0 Å². The Morgan fingerprint density at radius 3 is 2.79 bits per heavy atom. The van der Waals surface area contributed by atoms with Gasteiger partial charge in [-0.1, -0.05) is 12.6 Å². The van der Waals surface area contributed by atoms with Crippen molar-refractivity contribution in [2.24, 2.45) is 0 Å². The van der Waals surface area contributed by atoms with Crippen LogP contribution in [0.25, 0.3) is 0 Å². The van der Waals surface area contributed by atoms with Gasteiger partial charge < -0.3 is 9.64 Å². The highest BCUT2D eigenvalue weighted by atomic mass is 16.5. The van der Waals surface area contributed by atoms with E-state index in [1.807, 2.05) is 19.2 Å². The van der Waals surface area contributed by atoms with Crippen LogP contribution in [0.2, 0.25) is 0 Å². The maximum absolute atomic E-state index is 5.34.